The monoisotopic (exact) mass is 373 g/mol. The molecule has 0 unspecified atom stereocenters. The maximum atomic E-state index is 12.6. The van der Waals surface area contributed by atoms with Gasteiger partial charge in [-0.1, -0.05) is 36.9 Å². The highest BCUT2D eigenvalue weighted by Crippen LogP contribution is 2.28. The van der Waals surface area contributed by atoms with Gasteiger partial charge >= 0.3 is 0 Å². The molecule has 0 N–H and O–H groups in total. The van der Waals surface area contributed by atoms with Crippen LogP contribution in [0.2, 0.25) is 0 Å². The van der Waals surface area contributed by atoms with Crippen molar-refractivity contribution in [3.8, 4) is 5.69 Å². The lowest BCUT2D eigenvalue weighted by atomic mass is 9.87. The molecule has 1 fully saturated rings. The summed E-state index contributed by atoms with van der Waals surface area (Å²) >= 11 is 1.40. The number of rotatable bonds is 5. The fourth-order valence-electron chi connectivity index (χ4n) is 3.61. The van der Waals surface area contributed by atoms with Crippen molar-refractivity contribution in [3.63, 3.8) is 0 Å². The van der Waals surface area contributed by atoms with Crippen molar-refractivity contribution >= 4 is 17.7 Å². The summed E-state index contributed by atoms with van der Waals surface area (Å²) in [7, 11) is 1.93. The first-order chi connectivity index (χ1) is 12.5. The van der Waals surface area contributed by atoms with Crippen molar-refractivity contribution < 1.29 is 4.79 Å². The SMILES string of the molecule is Cc1cccc(C)c1-n1nnnc1SCC(=O)N(C)C1CCC(C)CC1. The van der Waals surface area contributed by atoms with Crippen LogP contribution in [0.3, 0.4) is 0 Å². The number of para-hydroxylation sites is 1. The van der Waals surface area contributed by atoms with E-state index in [1.54, 1.807) is 4.68 Å². The molecule has 26 heavy (non-hydrogen) atoms. The second-order valence-corrected chi connectivity index (χ2v) is 8.26. The van der Waals surface area contributed by atoms with E-state index in [4.69, 9.17) is 0 Å². The van der Waals surface area contributed by atoms with Crippen molar-refractivity contribution in [1.82, 2.24) is 25.1 Å². The Kier molecular flexibility index (Phi) is 5.96. The molecule has 1 aromatic carbocycles. The quantitative estimate of drug-likeness (QED) is 0.752. The molecule has 1 amide bonds. The van der Waals surface area contributed by atoms with Crippen molar-refractivity contribution in [2.45, 2.75) is 57.7 Å². The summed E-state index contributed by atoms with van der Waals surface area (Å²) in [5.74, 6) is 1.28. The lowest BCUT2D eigenvalue weighted by molar-refractivity contribution is -0.129. The van der Waals surface area contributed by atoms with E-state index in [2.05, 4.69) is 22.4 Å². The maximum absolute atomic E-state index is 12.6. The van der Waals surface area contributed by atoms with E-state index in [0.29, 0.717) is 17.0 Å². The van der Waals surface area contributed by atoms with Crippen LogP contribution in [0.1, 0.15) is 43.7 Å². The predicted octanol–water partition coefficient (Wildman–Crippen LogP) is 3.41. The molecule has 0 spiro atoms. The minimum Gasteiger partial charge on any atom is -0.342 e. The van der Waals surface area contributed by atoms with Gasteiger partial charge in [0.05, 0.1) is 11.4 Å². The first-order valence-corrected chi connectivity index (χ1v) is 10.2. The van der Waals surface area contributed by atoms with Gasteiger partial charge in [0.1, 0.15) is 0 Å². The minimum atomic E-state index is 0.144. The van der Waals surface area contributed by atoms with Gasteiger partial charge in [0, 0.05) is 13.1 Å². The molecule has 0 aliphatic heterocycles. The predicted molar refractivity (Wildman–Crippen MR) is 104 cm³/mol. The number of benzene rings is 1. The molecule has 2 aromatic rings. The van der Waals surface area contributed by atoms with E-state index in [1.165, 1.54) is 24.6 Å². The number of amides is 1. The highest BCUT2D eigenvalue weighted by atomic mass is 32.2. The number of carbonyl (C=O) groups excluding carboxylic acids is 1. The molecule has 1 saturated carbocycles. The number of tetrazole rings is 1. The fourth-order valence-corrected chi connectivity index (χ4v) is 4.41. The molecule has 0 bridgehead atoms. The summed E-state index contributed by atoms with van der Waals surface area (Å²) in [6, 6.07) is 6.48. The number of thioether (sulfide) groups is 1. The number of nitrogens with zero attached hydrogens (tertiary/aromatic N) is 5. The van der Waals surface area contributed by atoms with Gasteiger partial charge in [-0.2, -0.15) is 4.68 Å². The van der Waals surface area contributed by atoms with Crippen LogP contribution in [0.25, 0.3) is 5.69 Å². The van der Waals surface area contributed by atoms with E-state index < -0.39 is 0 Å². The lowest BCUT2D eigenvalue weighted by Gasteiger charge is -2.33. The summed E-state index contributed by atoms with van der Waals surface area (Å²) in [4.78, 5) is 14.6. The largest absolute Gasteiger partial charge is 0.342 e. The molecule has 1 heterocycles. The third-order valence-electron chi connectivity index (χ3n) is 5.34. The molecule has 0 saturated heterocycles. The van der Waals surface area contributed by atoms with Gasteiger partial charge in [0.15, 0.2) is 0 Å². The van der Waals surface area contributed by atoms with Gasteiger partial charge in [-0.05, 0) is 67.0 Å². The molecule has 0 atom stereocenters. The molecular formula is C19H27N5OS. The van der Waals surface area contributed by atoms with E-state index >= 15 is 0 Å². The van der Waals surface area contributed by atoms with Crippen LogP contribution in [0.15, 0.2) is 23.4 Å². The van der Waals surface area contributed by atoms with Crippen LogP contribution < -0.4 is 0 Å². The second-order valence-electron chi connectivity index (χ2n) is 7.32. The molecule has 1 aromatic heterocycles. The highest BCUT2D eigenvalue weighted by Gasteiger charge is 2.25. The molecule has 140 valence electrons. The third kappa shape index (κ3) is 4.09. The summed E-state index contributed by atoms with van der Waals surface area (Å²) in [5, 5.41) is 12.7. The van der Waals surface area contributed by atoms with Crippen LogP contribution in [0, 0.1) is 19.8 Å². The first kappa shape index (κ1) is 18.9. The van der Waals surface area contributed by atoms with E-state index in [1.807, 2.05) is 44.0 Å². The topological polar surface area (TPSA) is 63.9 Å². The van der Waals surface area contributed by atoms with E-state index in [-0.39, 0.29) is 5.91 Å². The summed E-state index contributed by atoms with van der Waals surface area (Å²) in [5.41, 5.74) is 3.21. The van der Waals surface area contributed by atoms with Crippen LogP contribution in [0.4, 0.5) is 0 Å². The first-order valence-electron chi connectivity index (χ1n) is 9.20. The average molecular weight is 374 g/mol. The number of aromatic nitrogens is 4. The Bertz CT molecular complexity index is 747. The highest BCUT2D eigenvalue weighted by molar-refractivity contribution is 7.99. The zero-order valence-corrected chi connectivity index (χ0v) is 16.8. The number of hydrogen-bond acceptors (Lipinski definition) is 5. The summed E-state index contributed by atoms with van der Waals surface area (Å²) < 4.78 is 1.74. The number of aryl methyl sites for hydroxylation is 2. The molecule has 3 rings (SSSR count). The van der Waals surface area contributed by atoms with E-state index in [0.717, 1.165) is 35.6 Å². The number of carbonyl (C=O) groups is 1. The van der Waals surface area contributed by atoms with Crippen molar-refractivity contribution in [2.75, 3.05) is 12.8 Å². The smallest absolute Gasteiger partial charge is 0.233 e. The Balaban J connectivity index is 1.66. The molecular weight excluding hydrogens is 346 g/mol. The standard InChI is InChI=1S/C19H27N5OS/c1-13-8-10-16(11-9-13)23(4)17(25)12-26-19-20-21-22-24(19)18-14(2)6-5-7-15(18)3/h5-7,13,16H,8-12H2,1-4H3. The molecule has 6 nitrogen and oxygen atoms in total. The Morgan fingerprint density at radius 1 is 1.23 bits per heavy atom. The molecule has 0 radical (unpaired) electrons. The van der Waals surface area contributed by atoms with Gasteiger partial charge < -0.3 is 4.90 Å². The third-order valence-corrected chi connectivity index (χ3v) is 6.25. The molecule has 1 aliphatic carbocycles. The normalized spacial score (nSPS) is 20.2. The Labute approximate surface area is 159 Å². The lowest BCUT2D eigenvalue weighted by Crippen LogP contribution is -2.40. The van der Waals surface area contributed by atoms with Crippen molar-refractivity contribution in [3.05, 3.63) is 29.3 Å². The fraction of sp³-hybridized carbons (Fsp3) is 0.579. The molecule has 7 heteroatoms. The Morgan fingerprint density at radius 2 is 1.88 bits per heavy atom. The van der Waals surface area contributed by atoms with Crippen LogP contribution >= 0.6 is 11.8 Å². The minimum absolute atomic E-state index is 0.144. The van der Waals surface area contributed by atoms with Crippen molar-refractivity contribution in [1.29, 1.82) is 0 Å². The average Bonchev–Trinajstić information content (AvgIpc) is 3.08. The Hall–Kier alpha value is -1.89. The van der Waals surface area contributed by atoms with Gasteiger partial charge in [-0.25, -0.2) is 0 Å². The van der Waals surface area contributed by atoms with E-state index in [9.17, 15) is 4.79 Å². The van der Waals surface area contributed by atoms with Crippen LogP contribution in [-0.4, -0.2) is 49.9 Å². The summed E-state index contributed by atoms with van der Waals surface area (Å²) in [6.45, 7) is 6.38. The summed E-state index contributed by atoms with van der Waals surface area (Å²) in [6.07, 6.45) is 4.63. The van der Waals surface area contributed by atoms with Gasteiger partial charge in [0.2, 0.25) is 11.1 Å². The zero-order valence-electron chi connectivity index (χ0n) is 16.0. The van der Waals surface area contributed by atoms with Crippen LogP contribution in [-0.2, 0) is 4.79 Å². The Morgan fingerprint density at radius 3 is 2.54 bits per heavy atom. The van der Waals surface area contributed by atoms with Gasteiger partial charge in [0.25, 0.3) is 0 Å². The second kappa shape index (κ2) is 8.20. The van der Waals surface area contributed by atoms with Crippen molar-refractivity contribution in [2.24, 2.45) is 5.92 Å². The van der Waals surface area contributed by atoms with Gasteiger partial charge in [-0.3, -0.25) is 4.79 Å². The van der Waals surface area contributed by atoms with Gasteiger partial charge in [-0.15, -0.1) is 5.10 Å². The zero-order chi connectivity index (χ0) is 18.7. The maximum Gasteiger partial charge on any atom is 0.233 e. The number of hydrogen-bond donors (Lipinski definition) is 0. The van der Waals surface area contributed by atoms with Crippen LogP contribution in [0.5, 0.6) is 0 Å². The molecule has 1 aliphatic rings.